The Morgan fingerprint density at radius 2 is 2.24 bits per heavy atom. The zero-order valence-corrected chi connectivity index (χ0v) is 11.2. The van der Waals surface area contributed by atoms with Crippen LogP contribution < -0.4 is 9.64 Å². The van der Waals surface area contributed by atoms with Gasteiger partial charge in [-0.3, -0.25) is 0 Å². The highest BCUT2D eigenvalue weighted by atomic mass is 35.5. The molecule has 2 atom stereocenters. The van der Waals surface area contributed by atoms with E-state index in [1.807, 2.05) is 0 Å². The molecule has 4 nitrogen and oxygen atoms in total. The quantitative estimate of drug-likeness (QED) is 0.779. The molecule has 94 valence electrons. The first-order valence-corrected chi connectivity index (χ1v) is 6.39. The number of ether oxygens (including phenoxy) is 1. The zero-order valence-electron chi connectivity index (χ0n) is 10.5. The van der Waals surface area contributed by atoms with Gasteiger partial charge in [0.15, 0.2) is 16.7 Å². The second-order valence-corrected chi connectivity index (χ2v) is 4.78. The van der Waals surface area contributed by atoms with Crippen LogP contribution in [0.3, 0.4) is 0 Å². The van der Waals surface area contributed by atoms with Crippen molar-refractivity contribution in [3.8, 4) is 5.75 Å². The normalized spacial score (nSPS) is 24.1. The maximum atomic E-state index is 6.04. The maximum Gasteiger partial charge on any atom is 0.199 e. The van der Waals surface area contributed by atoms with E-state index in [9.17, 15) is 0 Å². The van der Waals surface area contributed by atoms with Crippen LogP contribution in [0.25, 0.3) is 0 Å². The number of methoxy groups -OCH3 is 1. The van der Waals surface area contributed by atoms with Crippen molar-refractivity contribution in [2.45, 2.75) is 45.2 Å². The molecule has 1 aromatic rings. The van der Waals surface area contributed by atoms with Gasteiger partial charge in [0.1, 0.15) is 6.33 Å². The van der Waals surface area contributed by atoms with Gasteiger partial charge in [0.2, 0.25) is 0 Å². The fourth-order valence-electron chi connectivity index (χ4n) is 2.56. The molecular formula is C12H18ClN3O. The molecule has 0 radical (unpaired) electrons. The van der Waals surface area contributed by atoms with E-state index in [-0.39, 0.29) is 0 Å². The molecule has 1 saturated heterocycles. The summed E-state index contributed by atoms with van der Waals surface area (Å²) in [6, 6.07) is 0.990. The predicted octanol–water partition coefficient (Wildman–Crippen LogP) is 2.91. The largest absolute Gasteiger partial charge is 0.490 e. The molecule has 1 fully saturated rings. The number of nitrogens with zero attached hydrogens (tertiary/aromatic N) is 3. The third kappa shape index (κ3) is 2.18. The summed E-state index contributed by atoms with van der Waals surface area (Å²) in [5.74, 6) is 1.41. The van der Waals surface area contributed by atoms with Gasteiger partial charge in [-0.2, -0.15) is 0 Å². The Morgan fingerprint density at radius 1 is 1.47 bits per heavy atom. The Bertz CT molecular complexity index is 399. The van der Waals surface area contributed by atoms with Crippen LogP contribution >= 0.6 is 11.6 Å². The summed E-state index contributed by atoms with van der Waals surface area (Å²) < 4.78 is 5.33. The summed E-state index contributed by atoms with van der Waals surface area (Å²) in [6.45, 7) is 4.41. The van der Waals surface area contributed by atoms with E-state index in [2.05, 4.69) is 28.7 Å². The van der Waals surface area contributed by atoms with Gasteiger partial charge < -0.3 is 9.64 Å². The molecule has 1 aliphatic rings. The van der Waals surface area contributed by atoms with E-state index in [1.165, 1.54) is 19.2 Å². The second-order valence-electron chi connectivity index (χ2n) is 4.42. The van der Waals surface area contributed by atoms with Gasteiger partial charge in [-0.25, -0.2) is 9.97 Å². The van der Waals surface area contributed by atoms with Crippen LogP contribution in [0.15, 0.2) is 6.33 Å². The average Bonchev–Trinajstić information content (AvgIpc) is 2.70. The van der Waals surface area contributed by atoms with Gasteiger partial charge in [0.05, 0.1) is 7.11 Å². The average molecular weight is 256 g/mol. The van der Waals surface area contributed by atoms with Crippen LogP contribution in [0.1, 0.15) is 33.1 Å². The summed E-state index contributed by atoms with van der Waals surface area (Å²) in [6.07, 6.45) is 4.98. The molecule has 2 heterocycles. The van der Waals surface area contributed by atoms with E-state index in [0.717, 1.165) is 12.2 Å². The zero-order chi connectivity index (χ0) is 12.4. The highest BCUT2D eigenvalue weighted by Gasteiger charge is 2.32. The Morgan fingerprint density at radius 3 is 2.88 bits per heavy atom. The molecular weight excluding hydrogens is 238 g/mol. The first-order valence-electron chi connectivity index (χ1n) is 6.01. The Hall–Kier alpha value is -1.03. The van der Waals surface area contributed by atoms with Crippen molar-refractivity contribution in [2.24, 2.45) is 0 Å². The molecule has 0 bridgehead atoms. The van der Waals surface area contributed by atoms with Gasteiger partial charge in [0.25, 0.3) is 0 Å². The van der Waals surface area contributed by atoms with Gasteiger partial charge in [0, 0.05) is 12.1 Å². The van der Waals surface area contributed by atoms with E-state index >= 15 is 0 Å². The fourth-order valence-corrected chi connectivity index (χ4v) is 2.76. The summed E-state index contributed by atoms with van der Waals surface area (Å²) in [5.41, 5.74) is 0. The summed E-state index contributed by atoms with van der Waals surface area (Å²) in [7, 11) is 1.61. The summed E-state index contributed by atoms with van der Waals surface area (Å²) in [5, 5.41) is 0.381. The molecule has 0 aliphatic carbocycles. The van der Waals surface area contributed by atoms with Gasteiger partial charge >= 0.3 is 0 Å². The molecule has 0 saturated carbocycles. The van der Waals surface area contributed by atoms with Crippen LogP contribution in [0.4, 0.5) is 5.82 Å². The van der Waals surface area contributed by atoms with Crippen molar-refractivity contribution in [3.63, 3.8) is 0 Å². The SMILES string of the molecule is CCC1CCC(C)N1c1ncnc(Cl)c1OC. The monoisotopic (exact) mass is 255 g/mol. The van der Waals surface area contributed by atoms with E-state index in [0.29, 0.717) is 23.0 Å². The molecule has 0 N–H and O–H groups in total. The topological polar surface area (TPSA) is 38.2 Å². The van der Waals surface area contributed by atoms with Crippen LogP contribution in [-0.2, 0) is 0 Å². The lowest BCUT2D eigenvalue weighted by atomic mass is 10.1. The number of anilines is 1. The lowest BCUT2D eigenvalue weighted by molar-refractivity contribution is 0.408. The molecule has 17 heavy (non-hydrogen) atoms. The van der Waals surface area contributed by atoms with Crippen molar-refractivity contribution >= 4 is 17.4 Å². The summed E-state index contributed by atoms with van der Waals surface area (Å²) >= 11 is 6.04. The van der Waals surface area contributed by atoms with Crippen LogP contribution in [-0.4, -0.2) is 29.2 Å². The van der Waals surface area contributed by atoms with Crippen LogP contribution in [0.2, 0.25) is 5.15 Å². The van der Waals surface area contributed by atoms with Crippen molar-refractivity contribution < 1.29 is 4.74 Å². The van der Waals surface area contributed by atoms with Crippen molar-refractivity contribution in [1.82, 2.24) is 9.97 Å². The third-order valence-electron chi connectivity index (χ3n) is 3.45. The maximum absolute atomic E-state index is 6.04. The number of aromatic nitrogens is 2. The lowest BCUT2D eigenvalue weighted by Crippen LogP contribution is -2.35. The third-order valence-corrected chi connectivity index (χ3v) is 3.72. The first-order chi connectivity index (χ1) is 8.19. The molecule has 1 aliphatic heterocycles. The highest BCUT2D eigenvalue weighted by Crippen LogP contribution is 2.38. The minimum Gasteiger partial charge on any atom is -0.490 e. The van der Waals surface area contributed by atoms with Crippen LogP contribution in [0, 0.1) is 0 Å². The van der Waals surface area contributed by atoms with Gasteiger partial charge in [-0.05, 0) is 26.2 Å². The van der Waals surface area contributed by atoms with Crippen LogP contribution in [0.5, 0.6) is 5.75 Å². The Balaban J connectivity index is 2.41. The van der Waals surface area contributed by atoms with Crippen molar-refractivity contribution in [2.75, 3.05) is 12.0 Å². The Kier molecular flexibility index (Phi) is 3.72. The molecule has 1 aromatic heterocycles. The lowest BCUT2D eigenvalue weighted by Gasteiger charge is -2.30. The summed E-state index contributed by atoms with van der Waals surface area (Å²) in [4.78, 5) is 10.6. The minimum absolute atomic E-state index is 0.381. The minimum atomic E-state index is 0.381. The number of halogens is 1. The number of rotatable bonds is 3. The standard InChI is InChI=1S/C12H18ClN3O/c1-4-9-6-5-8(2)16(9)12-10(17-3)11(13)14-7-15-12/h7-9H,4-6H2,1-3H3. The van der Waals surface area contributed by atoms with E-state index in [1.54, 1.807) is 7.11 Å². The van der Waals surface area contributed by atoms with Gasteiger partial charge in [-0.15, -0.1) is 0 Å². The molecule has 2 rings (SSSR count). The van der Waals surface area contributed by atoms with Crippen molar-refractivity contribution in [1.29, 1.82) is 0 Å². The van der Waals surface area contributed by atoms with Crippen molar-refractivity contribution in [3.05, 3.63) is 11.5 Å². The number of hydrogen-bond acceptors (Lipinski definition) is 4. The van der Waals surface area contributed by atoms with Gasteiger partial charge in [-0.1, -0.05) is 18.5 Å². The smallest absolute Gasteiger partial charge is 0.199 e. The Labute approximate surface area is 107 Å². The molecule has 0 amide bonds. The molecule has 2 unspecified atom stereocenters. The molecule has 0 aromatic carbocycles. The highest BCUT2D eigenvalue weighted by molar-refractivity contribution is 6.31. The number of hydrogen-bond donors (Lipinski definition) is 0. The van der Waals surface area contributed by atoms with E-state index in [4.69, 9.17) is 16.3 Å². The van der Waals surface area contributed by atoms with E-state index < -0.39 is 0 Å². The molecule has 5 heteroatoms. The second kappa shape index (κ2) is 5.08. The fraction of sp³-hybridized carbons (Fsp3) is 0.667. The predicted molar refractivity (Wildman–Crippen MR) is 68.8 cm³/mol. The first kappa shape index (κ1) is 12.4. The molecule has 0 spiro atoms.